The van der Waals surface area contributed by atoms with Crippen molar-refractivity contribution in [2.24, 2.45) is 0 Å². The third-order valence-corrected chi connectivity index (χ3v) is 5.53. The van der Waals surface area contributed by atoms with Crippen molar-refractivity contribution >= 4 is 16.0 Å². The maximum Gasteiger partial charge on any atom is 0.246 e. The number of nitrogens with zero attached hydrogens (tertiary/aromatic N) is 3. The minimum Gasteiger partial charge on any atom is -0.368 e. The van der Waals surface area contributed by atoms with E-state index in [1.807, 2.05) is 6.92 Å². The molecule has 0 saturated heterocycles. The van der Waals surface area contributed by atoms with Gasteiger partial charge in [-0.25, -0.2) is 18.4 Å². The molecule has 106 valence electrons. The normalized spacial score (nSPS) is 17.8. The van der Waals surface area contributed by atoms with Gasteiger partial charge in [0.25, 0.3) is 0 Å². The standard InChI is InChI=1S/C12H20N4O2S/c1-2-16(10-6-4-3-5-7-10)19(17,18)11-8-14-12(13)15-9-11/h8-10H,2-7H2,1H3,(H2,13,14,15). The lowest BCUT2D eigenvalue weighted by molar-refractivity contribution is 0.261. The Morgan fingerprint density at radius 2 is 1.84 bits per heavy atom. The van der Waals surface area contributed by atoms with Gasteiger partial charge in [0.2, 0.25) is 16.0 Å². The van der Waals surface area contributed by atoms with Gasteiger partial charge in [0.05, 0.1) is 12.4 Å². The van der Waals surface area contributed by atoms with Crippen molar-refractivity contribution in [2.75, 3.05) is 12.3 Å². The van der Waals surface area contributed by atoms with Crippen molar-refractivity contribution in [2.45, 2.75) is 50.0 Å². The van der Waals surface area contributed by atoms with Gasteiger partial charge in [0.15, 0.2) is 0 Å². The smallest absolute Gasteiger partial charge is 0.246 e. The lowest BCUT2D eigenvalue weighted by Gasteiger charge is -2.32. The zero-order chi connectivity index (χ0) is 13.9. The van der Waals surface area contributed by atoms with Gasteiger partial charge in [-0.2, -0.15) is 4.31 Å². The number of nitrogens with two attached hydrogens (primary N) is 1. The Morgan fingerprint density at radius 3 is 2.37 bits per heavy atom. The lowest BCUT2D eigenvalue weighted by Crippen LogP contribution is -2.41. The van der Waals surface area contributed by atoms with E-state index in [0.29, 0.717) is 6.54 Å². The molecule has 2 N–H and O–H groups in total. The average molecular weight is 284 g/mol. The molecule has 1 fully saturated rings. The third-order valence-electron chi connectivity index (χ3n) is 3.55. The predicted molar refractivity (Wildman–Crippen MR) is 72.9 cm³/mol. The molecule has 1 aromatic heterocycles. The Kier molecular flexibility index (Phi) is 4.36. The minimum atomic E-state index is -3.51. The summed E-state index contributed by atoms with van der Waals surface area (Å²) in [6, 6.07) is 0.0984. The highest BCUT2D eigenvalue weighted by molar-refractivity contribution is 7.89. The zero-order valence-electron chi connectivity index (χ0n) is 11.1. The second-order valence-electron chi connectivity index (χ2n) is 4.78. The molecule has 1 heterocycles. The zero-order valence-corrected chi connectivity index (χ0v) is 11.9. The summed E-state index contributed by atoms with van der Waals surface area (Å²) in [6.45, 7) is 2.34. The maximum atomic E-state index is 12.6. The number of rotatable bonds is 4. The molecule has 2 rings (SSSR count). The fourth-order valence-corrected chi connectivity index (χ4v) is 4.17. The molecular weight excluding hydrogens is 264 g/mol. The van der Waals surface area contributed by atoms with Crippen LogP contribution >= 0.6 is 0 Å². The quantitative estimate of drug-likeness (QED) is 0.902. The van der Waals surface area contributed by atoms with Crippen molar-refractivity contribution in [1.29, 1.82) is 0 Å². The minimum absolute atomic E-state index is 0.0830. The number of nitrogen functional groups attached to an aromatic ring is 1. The van der Waals surface area contributed by atoms with Crippen molar-refractivity contribution in [1.82, 2.24) is 14.3 Å². The number of aromatic nitrogens is 2. The monoisotopic (exact) mass is 284 g/mol. The molecule has 0 aromatic carbocycles. The molecule has 0 aliphatic heterocycles. The molecule has 6 nitrogen and oxygen atoms in total. The van der Waals surface area contributed by atoms with E-state index in [-0.39, 0.29) is 16.9 Å². The first-order valence-corrected chi connectivity index (χ1v) is 8.09. The maximum absolute atomic E-state index is 12.6. The Morgan fingerprint density at radius 1 is 1.26 bits per heavy atom. The molecule has 0 amide bonds. The van der Waals surface area contributed by atoms with Crippen LogP contribution in [0.15, 0.2) is 17.3 Å². The van der Waals surface area contributed by atoms with Crippen LogP contribution in [0.25, 0.3) is 0 Å². The number of hydrogen-bond donors (Lipinski definition) is 1. The Balaban J connectivity index is 2.27. The summed E-state index contributed by atoms with van der Waals surface area (Å²) >= 11 is 0. The van der Waals surface area contributed by atoms with Crippen LogP contribution in [-0.2, 0) is 10.0 Å². The van der Waals surface area contributed by atoms with Gasteiger partial charge in [-0.15, -0.1) is 0 Å². The number of hydrogen-bond acceptors (Lipinski definition) is 5. The van der Waals surface area contributed by atoms with Gasteiger partial charge < -0.3 is 5.73 Å². The summed E-state index contributed by atoms with van der Waals surface area (Å²) in [7, 11) is -3.51. The van der Waals surface area contributed by atoms with E-state index in [9.17, 15) is 8.42 Å². The summed E-state index contributed by atoms with van der Waals surface area (Å²) < 4.78 is 26.7. The highest BCUT2D eigenvalue weighted by Gasteiger charge is 2.31. The molecule has 1 aromatic rings. The molecule has 1 aliphatic rings. The van der Waals surface area contributed by atoms with Crippen LogP contribution < -0.4 is 5.73 Å². The van der Waals surface area contributed by atoms with Crippen molar-refractivity contribution < 1.29 is 8.42 Å². The molecule has 19 heavy (non-hydrogen) atoms. The highest BCUT2D eigenvalue weighted by atomic mass is 32.2. The van der Waals surface area contributed by atoms with Gasteiger partial charge in [-0.1, -0.05) is 26.2 Å². The highest BCUT2D eigenvalue weighted by Crippen LogP contribution is 2.27. The van der Waals surface area contributed by atoms with Crippen LogP contribution in [0.4, 0.5) is 5.95 Å². The molecule has 1 aliphatic carbocycles. The van der Waals surface area contributed by atoms with Crippen molar-refractivity contribution in [3.8, 4) is 0 Å². The Labute approximate surface area is 114 Å². The summed E-state index contributed by atoms with van der Waals surface area (Å²) in [6.07, 6.45) is 7.81. The van der Waals surface area contributed by atoms with E-state index < -0.39 is 10.0 Å². The van der Waals surface area contributed by atoms with E-state index >= 15 is 0 Å². The van der Waals surface area contributed by atoms with Crippen molar-refractivity contribution in [3.63, 3.8) is 0 Å². The number of sulfonamides is 1. The fraction of sp³-hybridized carbons (Fsp3) is 0.667. The second-order valence-corrected chi connectivity index (χ2v) is 6.67. The van der Waals surface area contributed by atoms with Gasteiger partial charge >= 0.3 is 0 Å². The van der Waals surface area contributed by atoms with Gasteiger partial charge in [0, 0.05) is 12.6 Å². The van der Waals surface area contributed by atoms with E-state index in [4.69, 9.17) is 5.73 Å². The largest absolute Gasteiger partial charge is 0.368 e. The lowest BCUT2D eigenvalue weighted by atomic mass is 9.95. The van der Waals surface area contributed by atoms with Crippen LogP contribution in [0, 0.1) is 0 Å². The van der Waals surface area contributed by atoms with Crippen LogP contribution in [0.1, 0.15) is 39.0 Å². The van der Waals surface area contributed by atoms with Gasteiger partial charge in [-0.3, -0.25) is 0 Å². The van der Waals surface area contributed by atoms with Gasteiger partial charge in [0.1, 0.15) is 4.90 Å². The molecule has 1 saturated carbocycles. The Hall–Kier alpha value is -1.21. The van der Waals surface area contributed by atoms with E-state index in [1.165, 1.54) is 18.8 Å². The summed E-state index contributed by atoms with van der Waals surface area (Å²) in [5.74, 6) is 0.0830. The van der Waals surface area contributed by atoms with Gasteiger partial charge in [-0.05, 0) is 12.8 Å². The summed E-state index contributed by atoms with van der Waals surface area (Å²) in [5.41, 5.74) is 5.39. The molecule has 0 radical (unpaired) electrons. The molecule has 0 bridgehead atoms. The predicted octanol–water partition coefficient (Wildman–Crippen LogP) is 1.40. The van der Waals surface area contributed by atoms with E-state index in [1.54, 1.807) is 4.31 Å². The van der Waals surface area contributed by atoms with Crippen LogP contribution in [0.5, 0.6) is 0 Å². The summed E-state index contributed by atoms with van der Waals surface area (Å²) in [4.78, 5) is 7.66. The first-order valence-electron chi connectivity index (χ1n) is 6.65. The van der Waals surface area contributed by atoms with E-state index in [2.05, 4.69) is 9.97 Å². The van der Waals surface area contributed by atoms with Crippen LogP contribution in [0.2, 0.25) is 0 Å². The fourth-order valence-electron chi connectivity index (χ4n) is 2.59. The molecule has 0 atom stereocenters. The molecule has 7 heteroatoms. The average Bonchev–Trinajstić information content (AvgIpc) is 2.41. The van der Waals surface area contributed by atoms with Crippen LogP contribution in [-0.4, -0.2) is 35.3 Å². The summed E-state index contributed by atoms with van der Waals surface area (Å²) in [5, 5.41) is 0. The molecule has 0 unspecified atom stereocenters. The molecular formula is C12H20N4O2S. The van der Waals surface area contributed by atoms with Crippen molar-refractivity contribution in [3.05, 3.63) is 12.4 Å². The first kappa shape index (κ1) is 14.2. The van der Waals surface area contributed by atoms with E-state index in [0.717, 1.165) is 25.7 Å². The van der Waals surface area contributed by atoms with Crippen LogP contribution in [0.3, 0.4) is 0 Å². The third kappa shape index (κ3) is 3.03. The number of anilines is 1. The first-order chi connectivity index (χ1) is 9.05. The SMILES string of the molecule is CCN(C1CCCCC1)S(=O)(=O)c1cnc(N)nc1. The topological polar surface area (TPSA) is 89.2 Å². The second kappa shape index (κ2) is 5.83. The molecule has 0 spiro atoms. The Bertz CT molecular complexity index is 509.